The highest BCUT2D eigenvalue weighted by Crippen LogP contribution is 2.17. The van der Waals surface area contributed by atoms with E-state index in [-0.39, 0.29) is 5.91 Å². The van der Waals surface area contributed by atoms with Crippen LogP contribution in [0.4, 0.5) is 5.69 Å². The lowest BCUT2D eigenvalue weighted by atomic mass is 10.1. The molecule has 0 radical (unpaired) electrons. The molecule has 4 aromatic rings. The lowest BCUT2D eigenvalue weighted by Crippen LogP contribution is -2.14. The van der Waals surface area contributed by atoms with E-state index in [9.17, 15) is 4.79 Å². The van der Waals surface area contributed by atoms with Gasteiger partial charge in [-0.25, -0.2) is 9.50 Å². The van der Waals surface area contributed by atoms with Gasteiger partial charge >= 0.3 is 0 Å². The number of anilines is 1. The molecule has 31 heavy (non-hydrogen) atoms. The zero-order valence-corrected chi connectivity index (χ0v) is 17.6. The monoisotopic (exact) mass is 410 g/mol. The molecule has 0 unspecified atom stereocenters. The SMILES string of the molecule is Cc1cc(NC(=O)c2cncc(C#Cc3cnc4cccnn34)c2)ccc1CN(C)C. The predicted molar refractivity (Wildman–Crippen MR) is 120 cm³/mol. The van der Waals surface area contributed by atoms with Gasteiger partial charge < -0.3 is 10.2 Å². The van der Waals surface area contributed by atoms with E-state index in [0.717, 1.165) is 23.4 Å². The van der Waals surface area contributed by atoms with Crippen LogP contribution in [0.15, 0.2) is 61.2 Å². The van der Waals surface area contributed by atoms with E-state index in [0.29, 0.717) is 16.8 Å². The summed E-state index contributed by atoms with van der Waals surface area (Å²) in [6.45, 7) is 2.90. The summed E-state index contributed by atoms with van der Waals surface area (Å²) in [6, 6.07) is 11.3. The highest BCUT2D eigenvalue weighted by Gasteiger charge is 2.09. The van der Waals surface area contributed by atoms with Crippen LogP contribution in [-0.4, -0.2) is 44.5 Å². The molecule has 1 aromatic carbocycles. The molecule has 0 aliphatic heterocycles. The van der Waals surface area contributed by atoms with Gasteiger partial charge in [-0.2, -0.15) is 5.10 Å². The van der Waals surface area contributed by atoms with Gasteiger partial charge in [0, 0.05) is 36.4 Å². The van der Waals surface area contributed by atoms with Crippen LogP contribution in [0.3, 0.4) is 0 Å². The first-order valence-corrected chi connectivity index (χ1v) is 9.81. The van der Waals surface area contributed by atoms with Crippen molar-refractivity contribution in [2.45, 2.75) is 13.5 Å². The van der Waals surface area contributed by atoms with Gasteiger partial charge in [0.1, 0.15) is 5.69 Å². The highest BCUT2D eigenvalue weighted by molar-refractivity contribution is 6.04. The molecule has 1 N–H and O–H groups in total. The number of aryl methyl sites for hydroxylation is 1. The maximum absolute atomic E-state index is 12.7. The van der Waals surface area contributed by atoms with Gasteiger partial charge in [0.05, 0.1) is 11.8 Å². The van der Waals surface area contributed by atoms with Crippen molar-refractivity contribution in [2.24, 2.45) is 0 Å². The van der Waals surface area contributed by atoms with Gasteiger partial charge in [-0.15, -0.1) is 0 Å². The number of amides is 1. The second-order valence-corrected chi connectivity index (χ2v) is 7.48. The van der Waals surface area contributed by atoms with Gasteiger partial charge in [-0.05, 0) is 68.4 Å². The van der Waals surface area contributed by atoms with Crippen LogP contribution in [-0.2, 0) is 6.54 Å². The van der Waals surface area contributed by atoms with Crippen LogP contribution >= 0.6 is 0 Å². The predicted octanol–water partition coefficient (Wildman–Crippen LogP) is 3.15. The summed E-state index contributed by atoms with van der Waals surface area (Å²) in [5.74, 6) is 5.85. The van der Waals surface area contributed by atoms with Crippen LogP contribution in [0.1, 0.15) is 32.7 Å². The number of imidazole rings is 1. The Kier molecular flexibility index (Phi) is 5.74. The number of hydrogen-bond acceptors (Lipinski definition) is 5. The number of rotatable bonds is 4. The Hall–Kier alpha value is -4.02. The minimum atomic E-state index is -0.229. The van der Waals surface area contributed by atoms with Crippen molar-refractivity contribution in [3.63, 3.8) is 0 Å². The molecule has 0 saturated carbocycles. The number of carbonyl (C=O) groups excluding carboxylic acids is 1. The Labute approximate surface area is 180 Å². The van der Waals surface area contributed by atoms with E-state index in [1.165, 1.54) is 11.8 Å². The first-order chi connectivity index (χ1) is 15.0. The lowest BCUT2D eigenvalue weighted by Gasteiger charge is -2.13. The number of nitrogens with one attached hydrogen (secondary N) is 1. The molecule has 0 atom stereocenters. The largest absolute Gasteiger partial charge is 0.322 e. The van der Waals surface area contributed by atoms with Gasteiger partial charge in [-0.3, -0.25) is 9.78 Å². The smallest absolute Gasteiger partial charge is 0.257 e. The maximum atomic E-state index is 12.7. The van der Waals surface area contributed by atoms with Crippen LogP contribution < -0.4 is 5.32 Å². The minimum absolute atomic E-state index is 0.229. The van der Waals surface area contributed by atoms with E-state index in [1.807, 2.05) is 51.4 Å². The number of fused-ring (bicyclic) bond motifs is 1. The lowest BCUT2D eigenvalue weighted by molar-refractivity contribution is 0.102. The van der Waals surface area contributed by atoms with Crippen LogP contribution in [0, 0.1) is 18.8 Å². The molecule has 0 bridgehead atoms. The van der Waals surface area contributed by atoms with Crippen molar-refractivity contribution in [3.05, 3.63) is 89.1 Å². The standard InChI is InChI=1S/C24H22N6O/c1-17-11-21(8-7-19(17)16-29(2)3)28-24(31)20-12-18(13-25-14-20)6-9-22-15-26-23-5-4-10-27-30(22)23/h4-5,7-8,10-15H,16H2,1-3H3,(H,28,31). The Morgan fingerprint density at radius 1 is 1.13 bits per heavy atom. The summed E-state index contributed by atoms with van der Waals surface area (Å²) in [7, 11) is 4.06. The Morgan fingerprint density at radius 3 is 2.81 bits per heavy atom. The fourth-order valence-electron chi connectivity index (χ4n) is 3.18. The van der Waals surface area contributed by atoms with Crippen molar-refractivity contribution in [1.82, 2.24) is 24.5 Å². The molecule has 0 spiro atoms. The third kappa shape index (κ3) is 4.77. The number of carbonyl (C=O) groups is 1. The molecular formula is C24H22N6O. The average Bonchev–Trinajstić information content (AvgIpc) is 3.17. The zero-order valence-electron chi connectivity index (χ0n) is 17.6. The fourth-order valence-corrected chi connectivity index (χ4v) is 3.18. The molecule has 0 aliphatic carbocycles. The summed E-state index contributed by atoms with van der Waals surface area (Å²) in [5, 5.41) is 7.18. The van der Waals surface area contributed by atoms with Crippen molar-refractivity contribution >= 4 is 17.2 Å². The molecule has 0 saturated heterocycles. The number of hydrogen-bond donors (Lipinski definition) is 1. The molecule has 0 fully saturated rings. The molecule has 0 aliphatic rings. The maximum Gasteiger partial charge on any atom is 0.257 e. The third-order valence-electron chi connectivity index (χ3n) is 4.70. The molecule has 7 nitrogen and oxygen atoms in total. The van der Waals surface area contributed by atoms with E-state index in [1.54, 1.807) is 29.2 Å². The summed E-state index contributed by atoms with van der Waals surface area (Å²) in [5.41, 5.74) is 5.57. The van der Waals surface area contributed by atoms with Gasteiger partial charge in [-0.1, -0.05) is 12.0 Å². The summed E-state index contributed by atoms with van der Waals surface area (Å²) >= 11 is 0. The topological polar surface area (TPSA) is 75.4 Å². The first kappa shape index (κ1) is 20.3. The van der Waals surface area contributed by atoms with E-state index >= 15 is 0 Å². The number of benzene rings is 1. The summed E-state index contributed by atoms with van der Waals surface area (Å²) in [4.78, 5) is 23.3. The second-order valence-electron chi connectivity index (χ2n) is 7.48. The zero-order chi connectivity index (χ0) is 21.8. The van der Waals surface area contributed by atoms with Gasteiger partial charge in [0.15, 0.2) is 5.65 Å². The molecule has 4 rings (SSSR count). The van der Waals surface area contributed by atoms with Crippen LogP contribution in [0.5, 0.6) is 0 Å². The molecular weight excluding hydrogens is 388 g/mol. The molecule has 3 heterocycles. The highest BCUT2D eigenvalue weighted by atomic mass is 16.1. The van der Waals surface area contributed by atoms with Gasteiger partial charge in [0.2, 0.25) is 0 Å². The molecule has 7 heteroatoms. The first-order valence-electron chi connectivity index (χ1n) is 9.81. The second kappa shape index (κ2) is 8.78. The number of nitrogens with zero attached hydrogens (tertiary/aromatic N) is 5. The van der Waals surface area contributed by atoms with E-state index < -0.39 is 0 Å². The van der Waals surface area contributed by atoms with Crippen molar-refractivity contribution < 1.29 is 4.79 Å². The number of aromatic nitrogens is 4. The minimum Gasteiger partial charge on any atom is -0.322 e. The van der Waals surface area contributed by atoms with Crippen LogP contribution in [0.2, 0.25) is 0 Å². The Morgan fingerprint density at radius 2 is 2.00 bits per heavy atom. The molecule has 1 amide bonds. The van der Waals surface area contributed by atoms with Crippen molar-refractivity contribution in [1.29, 1.82) is 0 Å². The molecule has 3 aromatic heterocycles. The molecule has 154 valence electrons. The quantitative estimate of drug-likeness (QED) is 0.523. The van der Waals surface area contributed by atoms with Gasteiger partial charge in [0.25, 0.3) is 5.91 Å². The number of pyridine rings is 1. The normalized spacial score (nSPS) is 10.7. The summed E-state index contributed by atoms with van der Waals surface area (Å²) < 4.78 is 1.67. The van der Waals surface area contributed by atoms with Crippen LogP contribution in [0.25, 0.3) is 5.65 Å². The Balaban J connectivity index is 1.51. The fraction of sp³-hybridized carbons (Fsp3) is 0.167. The van der Waals surface area contributed by atoms with E-state index in [4.69, 9.17) is 0 Å². The van der Waals surface area contributed by atoms with E-state index in [2.05, 4.69) is 37.1 Å². The van der Waals surface area contributed by atoms with Crippen molar-refractivity contribution in [3.8, 4) is 11.8 Å². The summed E-state index contributed by atoms with van der Waals surface area (Å²) in [6.07, 6.45) is 6.51. The van der Waals surface area contributed by atoms with Crippen molar-refractivity contribution in [2.75, 3.05) is 19.4 Å². The third-order valence-corrected chi connectivity index (χ3v) is 4.70. The average molecular weight is 410 g/mol. The Bertz CT molecular complexity index is 1310.